The maximum Gasteiger partial charge on any atom is 0.176 e. The zero-order valence-electron chi connectivity index (χ0n) is 15.3. The van der Waals surface area contributed by atoms with E-state index in [2.05, 4.69) is 19.1 Å². The van der Waals surface area contributed by atoms with Crippen LogP contribution in [0.3, 0.4) is 0 Å². The van der Waals surface area contributed by atoms with Gasteiger partial charge in [0.2, 0.25) is 0 Å². The van der Waals surface area contributed by atoms with Gasteiger partial charge in [-0.2, -0.15) is 10.5 Å². The number of nitrogens with zero attached hydrogens (tertiary/aromatic N) is 2. The molecule has 132 valence electrons. The molecule has 1 aromatic rings. The third-order valence-electron chi connectivity index (χ3n) is 5.48. The lowest BCUT2D eigenvalue weighted by molar-refractivity contribution is -0.117. The fourth-order valence-corrected chi connectivity index (χ4v) is 4.08. The Morgan fingerprint density at radius 3 is 2.35 bits per heavy atom. The molecule has 2 aliphatic rings. The molecule has 26 heavy (non-hydrogen) atoms. The number of Topliss-reactive ketones (excluding diaryl/α,β-unsaturated/α-hetero) is 1. The van der Waals surface area contributed by atoms with E-state index in [0.29, 0.717) is 5.57 Å². The van der Waals surface area contributed by atoms with E-state index in [4.69, 9.17) is 0 Å². The van der Waals surface area contributed by atoms with Crippen LogP contribution in [-0.4, -0.2) is 10.9 Å². The average Bonchev–Trinajstić information content (AvgIpc) is 2.60. The Bertz CT molecular complexity index is 891. The zero-order valence-corrected chi connectivity index (χ0v) is 15.3. The fourth-order valence-electron chi connectivity index (χ4n) is 4.08. The number of rotatable bonds is 2. The van der Waals surface area contributed by atoms with Crippen molar-refractivity contribution in [2.45, 2.75) is 46.0 Å². The fraction of sp³-hybridized carbons (Fsp3) is 0.409. The van der Waals surface area contributed by atoms with Crippen molar-refractivity contribution in [2.24, 2.45) is 10.8 Å². The predicted octanol–water partition coefficient (Wildman–Crippen LogP) is 4.51. The van der Waals surface area contributed by atoms with Gasteiger partial charge in [0, 0.05) is 18.8 Å². The first-order valence-electron chi connectivity index (χ1n) is 8.88. The van der Waals surface area contributed by atoms with Crippen LogP contribution in [-0.2, 0) is 11.2 Å². The predicted molar refractivity (Wildman–Crippen MR) is 98.0 cm³/mol. The van der Waals surface area contributed by atoms with Crippen molar-refractivity contribution in [3.05, 3.63) is 58.4 Å². The lowest BCUT2D eigenvalue weighted by atomic mass is 9.58. The number of ketones is 1. The number of nitriles is 2. The SMILES string of the molecule is CCc1ccc(C2CC(O)=C3C(=O)CC(C)(C)C=C3C2(C#N)C#N)cc1. The topological polar surface area (TPSA) is 84.9 Å². The molecule has 0 fully saturated rings. The minimum atomic E-state index is -1.48. The van der Waals surface area contributed by atoms with Crippen LogP contribution in [0.5, 0.6) is 0 Å². The summed E-state index contributed by atoms with van der Waals surface area (Å²) in [5, 5.41) is 30.7. The Kier molecular flexibility index (Phi) is 4.24. The van der Waals surface area contributed by atoms with Gasteiger partial charge in [-0.25, -0.2) is 0 Å². The molecule has 4 nitrogen and oxygen atoms in total. The number of allylic oxidation sites excluding steroid dienone is 4. The Morgan fingerprint density at radius 1 is 1.19 bits per heavy atom. The first-order chi connectivity index (χ1) is 12.3. The summed E-state index contributed by atoms with van der Waals surface area (Å²) in [5.41, 5.74) is 0.599. The van der Waals surface area contributed by atoms with E-state index in [1.807, 2.05) is 44.2 Å². The second kappa shape index (κ2) is 6.15. The van der Waals surface area contributed by atoms with Crippen LogP contribution >= 0.6 is 0 Å². The summed E-state index contributed by atoms with van der Waals surface area (Å²) in [5.74, 6) is -0.720. The highest BCUT2D eigenvalue weighted by Gasteiger charge is 2.53. The van der Waals surface area contributed by atoms with Gasteiger partial charge >= 0.3 is 0 Å². The van der Waals surface area contributed by atoms with Gasteiger partial charge in [-0.05, 0) is 28.5 Å². The smallest absolute Gasteiger partial charge is 0.176 e. The molecule has 0 amide bonds. The molecule has 1 N–H and O–H groups in total. The zero-order chi connectivity index (χ0) is 19.1. The van der Waals surface area contributed by atoms with Gasteiger partial charge in [-0.3, -0.25) is 4.79 Å². The van der Waals surface area contributed by atoms with Gasteiger partial charge in [0.15, 0.2) is 11.2 Å². The van der Waals surface area contributed by atoms with E-state index in [1.54, 1.807) is 0 Å². The molecular formula is C22H22N2O2. The van der Waals surface area contributed by atoms with Crippen LogP contribution in [0, 0.1) is 33.5 Å². The maximum absolute atomic E-state index is 12.6. The Labute approximate surface area is 154 Å². The van der Waals surface area contributed by atoms with Crippen molar-refractivity contribution in [3.63, 3.8) is 0 Å². The highest BCUT2D eigenvalue weighted by Crippen LogP contribution is 2.55. The molecule has 0 bridgehead atoms. The summed E-state index contributed by atoms with van der Waals surface area (Å²) < 4.78 is 0. The average molecular weight is 346 g/mol. The van der Waals surface area contributed by atoms with Crippen molar-refractivity contribution in [1.82, 2.24) is 0 Å². The minimum Gasteiger partial charge on any atom is -0.512 e. The van der Waals surface area contributed by atoms with Crippen molar-refractivity contribution in [3.8, 4) is 12.1 Å². The number of benzene rings is 1. The van der Waals surface area contributed by atoms with Crippen LogP contribution in [0.4, 0.5) is 0 Å². The van der Waals surface area contributed by atoms with Crippen LogP contribution in [0.1, 0.15) is 50.7 Å². The molecule has 0 heterocycles. The molecule has 1 unspecified atom stereocenters. The summed E-state index contributed by atoms with van der Waals surface area (Å²) in [6.07, 6.45) is 3.11. The number of aryl methyl sites for hydroxylation is 1. The number of fused-ring (bicyclic) bond motifs is 1. The summed E-state index contributed by atoms with van der Waals surface area (Å²) in [6.45, 7) is 5.88. The Balaban J connectivity index is 2.24. The van der Waals surface area contributed by atoms with E-state index >= 15 is 0 Å². The summed E-state index contributed by atoms with van der Waals surface area (Å²) in [4.78, 5) is 12.6. The lowest BCUT2D eigenvalue weighted by Crippen LogP contribution is -2.39. The van der Waals surface area contributed by atoms with Crippen molar-refractivity contribution < 1.29 is 9.90 Å². The highest BCUT2D eigenvalue weighted by atomic mass is 16.3. The number of carbonyl (C=O) groups excluding carboxylic acids is 1. The monoisotopic (exact) mass is 346 g/mol. The van der Waals surface area contributed by atoms with Crippen molar-refractivity contribution in [2.75, 3.05) is 0 Å². The molecule has 0 spiro atoms. The minimum absolute atomic E-state index is 0.0116. The van der Waals surface area contributed by atoms with Gasteiger partial charge in [0.05, 0.1) is 17.7 Å². The molecule has 2 aliphatic carbocycles. The molecular weight excluding hydrogens is 324 g/mol. The van der Waals surface area contributed by atoms with E-state index < -0.39 is 16.7 Å². The van der Waals surface area contributed by atoms with Crippen LogP contribution in [0.2, 0.25) is 0 Å². The first-order valence-corrected chi connectivity index (χ1v) is 8.88. The molecule has 3 rings (SSSR count). The maximum atomic E-state index is 12.6. The molecule has 0 radical (unpaired) electrons. The second-order valence-corrected chi connectivity index (χ2v) is 7.85. The van der Waals surface area contributed by atoms with Crippen molar-refractivity contribution >= 4 is 5.78 Å². The number of hydrogen-bond acceptors (Lipinski definition) is 4. The van der Waals surface area contributed by atoms with Crippen LogP contribution < -0.4 is 0 Å². The Hall–Kier alpha value is -2.85. The van der Waals surface area contributed by atoms with E-state index in [-0.39, 0.29) is 30.0 Å². The molecule has 1 atom stereocenters. The van der Waals surface area contributed by atoms with Gasteiger partial charge in [0.1, 0.15) is 5.76 Å². The van der Waals surface area contributed by atoms with E-state index in [0.717, 1.165) is 17.5 Å². The third kappa shape index (κ3) is 2.63. The molecule has 0 saturated heterocycles. The second-order valence-electron chi connectivity index (χ2n) is 7.85. The summed E-state index contributed by atoms with van der Waals surface area (Å²) >= 11 is 0. The first kappa shape index (κ1) is 18.0. The highest BCUT2D eigenvalue weighted by molar-refractivity contribution is 6.03. The standard InChI is InChI=1S/C22H22N2O2/c1-4-14-5-7-15(8-6-14)16-9-18(25)20-17(22(16,12-23)13-24)10-21(2,3)11-19(20)26/h5-8,10,16,25H,4,9,11H2,1-3H3. The summed E-state index contributed by atoms with van der Waals surface area (Å²) in [6, 6.07) is 12.2. The normalized spacial score (nSPS) is 23.5. The largest absolute Gasteiger partial charge is 0.512 e. The number of aliphatic hydroxyl groups excluding tert-OH is 1. The van der Waals surface area contributed by atoms with Crippen LogP contribution in [0.15, 0.2) is 47.2 Å². The molecule has 4 heteroatoms. The van der Waals surface area contributed by atoms with Gasteiger partial charge in [0.25, 0.3) is 0 Å². The van der Waals surface area contributed by atoms with Crippen molar-refractivity contribution in [1.29, 1.82) is 10.5 Å². The lowest BCUT2D eigenvalue weighted by Gasteiger charge is -2.41. The molecule has 0 aromatic heterocycles. The molecule has 0 aliphatic heterocycles. The number of carbonyl (C=O) groups is 1. The molecule has 0 saturated carbocycles. The van der Waals surface area contributed by atoms with Crippen LogP contribution in [0.25, 0.3) is 0 Å². The molecule has 1 aromatic carbocycles. The van der Waals surface area contributed by atoms with E-state index in [1.165, 1.54) is 0 Å². The third-order valence-corrected chi connectivity index (χ3v) is 5.48. The quantitative estimate of drug-likeness (QED) is 0.854. The summed E-state index contributed by atoms with van der Waals surface area (Å²) in [7, 11) is 0. The number of hydrogen-bond donors (Lipinski definition) is 1. The number of aliphatic hydroxyl groups is 1. The van der Waals surface area contributed by atoms with Gasteiger partial charge in [-0.1, -0.05) is 51.1 Å². The Morgan fingerprint density at radius 2 is 1.81 bits per heavy atom. The van der Waals surface area contributed by atoms with Gasteiger partial charge in [-0.15, -0.1) is 0 Å². The van der Waals surface area contributed by atoms with Gasteiger partial charge < -0.3 is 5.11 Å². The van der Waals surface area contributed by atoms with E-state index in [9.17, 15) is 20.4 Å².